The van der Waals surface area contributed by atoms with Crippen LogP contribution in [0.5, 0.6) is 0 Å². The van der Waals surface area contributed by atoms with Crippen molar-refractivity contribution in [2.75, 3.05) is 5.32 Å². The highest BCUT2D eigenvalue weighted by Gasteiger charge is 2.17. The Balaban J connectivity index is 2.04. The third kappa shape index (κ3) is 4.31. The second-order valence-corrected chi connectivity index (χ2v) is 6.54. The number of carbonyl (C=O) groups is 1. The second-order valence-electron chi connectivity index (χ2n) is 5.37. The SMILES string of the molecule is C=C(C[C@H](N)C(Cl)Cl)C(=O)Nc1ccc(-c2c(C)n[nH]c2C)nn1. The fourth-order valence-electron chi connectivity index (χ4n) is 2.13. The number of carbonyl (C=O) groups excluding carboxylic acids is 1. The van der Waals surface area contributed by atoms with Crippen LogP contribution in [0.1, 0.15) is 17.8 Å². The van der Waals surface area contributed by atoms with Gasteiger partial charge in [-0.2, -0.15) is 5.10 Å². The number of nitrogens with one attached hydrogen (secondary N) is 2. The van der Waals surface area contributed by atoms with Gasteiger partial charge in [-0.1, -0.05) is 6.58 Å². The monoisotopic (exact) mass is 368 g/mol. The lowest BCUT2D eigenvalue weighted by Gasteiger charge is -2.13. The van der Waals surface area contributed by atoms with Crippen molar-refractivity contribution in [2.45, 2.75) is 31.1 Å². The summed E-state index contributed by atoms with van der Waals surface area (Å²) in [7, 11) is 0. The molecule has 4 N–H and O–H groups in total. The third-order valence-corrected chi connectivity index (χ3v) is 4.06. The molecule has 0 aliphatic heterocycles. The van der Waals surface area contributed by atoms with Gasteiger partial charge in [0.2, 0.25) is 0 Å². The van der Waals surface area contributed by atoms with Gasteiger partial charge in [0.1, 0.15) is 4.84 Å². The number of aromatic amines is 1. The van der Waals surface area contributed by atoms with E-state index in [0.29, 0.717) is 11.5 Å². The van der Waals surface area contributed by atoms with E-state index in [1.807, 2.05) is 13.8 Å². The first-order valence-corrected chi connectivity index (χ1v) is 8.05. The minimum absolute atomic E-state index is 0.183. The Hall–Kier alpha value is -1.96. The van der Waals surface area contributed by atoms with Crippen LogP contribution in [0.3, 0.4) is 0 Å². The summed E-state index contributed by atoms with van der Waals surface area (Å²) < 4.78 is 0. The van der Waals surface area contributed by atoms with Crippen molar-refractivity contribution in [3.63, 3.8) is 0 Å². The summed E-state index contributed by atoms with van der Waals surface area (Å²) in [4.78, 5) is 11.3. The molecule has 1 amide bonds. The number of rotatable bonds is 6. The van der Waals surface area contributed by atoms with Gasteiger partial charge in [0.05, 0.1) is 11.4 Å². The minimum Gasteiger partial charge on any atom is -0.325 e. The minimum atomic E-state index is -0.768. The van der Waals surface area contributed by atoms with E-state index in [2.05, 4.69) is 32.3 Å². The highest BCUT2D eigenvalue weighted by molar-refractivity contribution is 6.44. The van der Waals surface area contributed by atoms with E-state index in [1.54, 1.807) is 12.1 Å². The number of halogens is 2. The second kappa shape index (κ2) is 7.74. The van der Waals surface area contributed by atoms with Gasteiger partial charge in [-0.15, -0.1) is 33.4 Å². The van der Waals surface area contributed by atoms with Crippen LogP contribution in [0, 0.1) is 13.8 Å². The molecule has 0 saturated heterocycles. The van der Waals surface area contributed by atoms with E-state index in [9.17, 15) is 4.79 Å². The standard InChI is InChI=1S/C15H18Cl2N6O/c1-7(6-10(18)14(16)17)15(24)19-12-5-4-11(22-23-12)13-8(2)20-21-9(13)3/h4-5,10,14H,1,6,18H2,2-3H3,(H,20,21)(H,19,23,24)/t10-/m0/s1. The van der Waals surface area contributed by atoms with Crippen molar-refractivity contribution in [1.82, 2.24) is 20.4 Å². The molecule has 0 radical (unpaired) electrons. The summed E-state index contributed by atoms with van der Waals surface area (Å²) in [5, 5.41) is 17.8. The molecule has 9 heteroatoms. The van der Waals surface area contributed by atoms with Crippen molar-refractivity contribution in [3.8, 4) is 11.3 Å². The molecule has 1 atom stereocenters. The number of H-pyrrole nitrogens is 1. The van der Waals surface area contributed by atoms with Crippen LogP contribution in [0.4, 0.5) is 5.82 Å². The number of aromatic nitrogens is 4. The number of nitrogens with two attached hydrogens (primary N) is 1. The van der Waals surface area contributed by atoms with Crippen molar-refractivity contribution >= 4 is 34.9 Å². The Morgan fingerprint density at radius 2 is 2.08 bits per heavy atom. The average Bonchev–Trinajstić information content (AvgIpc) is 2.87. The molecular weight excluding hydrogens is 351 g/mol. The lowest BCUT2D eigenvalue weighted by Crippen LogP contribution is -2.30. The molecule has 0 fully saturated rings. The van der Waals surface area contributed by atoms with E-state index >= 15 is 0 Å². The Labute approximate surface area is 149 Å². The van der Waals surface area contributed by atoms with Crippen LogP contribution >= 0.6 is 23.2 Å². The number of aryl methyl sites for hydroxylation is 2. The summed E-state index contributed by atoms with van der Waals surface area (Å²) in [6, 6.07) is 2.85. The zero-order valence-electron chi connectivity index (χ0n) is 13.3. The Morgan fingerprint density at radius 3 is 2.58 bits per heavy atom. The molecule has 0 unspecified atom stereocenters. The van der Waals surface area contributed by atoms with Crippen LogP contribution in [0.2, 0.25) is 0 Å². The molecule has 0 aromatic carbocycles. The van der Waals surface area contributed by atoms with Crippen LogP contribution in [-0.4, -0.2) is 37.2 Å². The zero-order valence-corrected chi connectivity index (χ0v) is 14.8. The van der Waals surface area contributed by atoms with Gasteiger partial charge in [-0.05, 0) is 32.4 Å². The summed E-state index contributed by atoms with van der Waals surface area (Å²) in [5.41, 5.74) is 9.27. The van der Waals surface area contributed by atoms with Crippen molar-refractivity contribution in [3.05, 3.63) is 35.7 Å². The Morgan fingerprint density at radius 1 is 1.38 bits per heavy atom. The molecule has 0 saturated carbocycles. The predicted octanol–water partition coefficient (Wildman–Crippen LogP) is 2.50. The van der Waals surface area contributed by atoms with Crippen LogP contribution in [-0.2, 0) is 4.79 Å². The lowest BCUT2D eigenvalue weighted by molar-refractivity contribution is -0.113. The highest BCUT2D eigenvalue weighted by Crippen LogP contribution is 2.23. The molecule has 2 heterocycles. The quantitative estimate of drug-likeness (QED) is 0.535. The molecule has 7 nitrogen and oxygen atoms in total. The van der Waals surface area contributed by atoms with Crippen molar-refractivity contribution in [1.29, 1.82) is 0 Å². The fraction of sp³-hybridized carbons (Fsp3) is 0.333. The summed E-state index contributed by atoms with van der Waals surface area (Å²) >= 11 is 11.3. The van der Waals surface area contributed by atoms with E-state index in [1.165, 1.54) is 0 Å². The van der Waals surface area contributed by atoms with Gasteiger partial charge >= 0.3 is 0 Å². The highest BCUT2D eigenvalue weighted by atomic mass is 35.5. The first kappa shape index (κ1) is 18.4. The molecule has 2 aromatic rings. The molecule has 2 aromatic heterocycles. The van der Waals surface area contributed by atoms with Crippen LogP contribution < -0.4 is 11.1 Å². The Bertz CT molecular complexity index is 721. The predicted molar refractivity (Wildman–Crippen MR) is 94.9 cm³/mol. The Kier molecular flexibility index (Phi) is 5.93. The maximum Gasteiger partial charge on any atom is 0.252 e. The fourth-order valence-corrected chi connectivity index (χ4v) is 2.31. The summed E-state index contributed by atoms with van der Waals surface area (Å²) in [6.45, 7) is 7.47. The van der Waals surface area contributed by atoms with Gasteiger partial charge in [0.25, 0.3) is 5.91 Å². The van der Waals surface area contributed by atoms with E-state index < -0.39 is 16.8 Å². The first-order valence-electron chi connectivity index (χ1n) is 7.18. The van der Waals surface area contributed by atoms with E-state index in [0.717, 1.165) is 17.0 Å². The van der Waals surface area contributed by atoms with E-state index in [-0.39, 0.29) is 12.0 Å². The molecule has 0 spiro atoms. The van der Waals surface area contributed by atoms with Crippen molar-refractivity contribution in [2.24, 2.45) is 5.73 Å². The van der Waals surface area contributed by atoms with Gasteiger partial charge in [0.15, 0.2) is 5.82 Å². The van der Waals surface area contributed by atoms with Crippen molar-refractivity contribution < 1.29 is 4.79 Å². The number of anilines is 1. The summed E-state index contributed by atoms with van der Waals surface area (Å²) in [6.07, 6.45) is 0.183. The first-order chi connectivity index (χ1) is 11.3. The molecule has 2 rings (SSSR count). The number of hydrogen-bond donors (Lipinski definition) is 3. The number of nitrogens with zero attached hydrogens (tertiary/aromatic N) is 3. The average molecular weight is 369 g/mol. The maximum absolute atomic E-state index is 12.1. The van der Waals surface area contributed by atoms with Gasteiger partial charge in [0, 0.05) is 22.9 Å². The number of amides is 1. The van der Waals surface area contributed by atoms with Gasteiger partial charge in [-0.25, -0.2) is 0 Å². The molecule has 24 heavy (non-hydrogen) atoms. The number of hydrogen-bond acceptors (Lipinski definition) is 5. The van der Waals surface area contributed by atoms with Crippen LogP contribution in [0.15, 0.2) is 24.3 Å². The van der Waals surface area contributed by atoms with Gasteiger partial charge in [-0.3, -0.25) is 9.89 Å². The zero-order chi connectivity index (χ0) is 17.9. The molecule has 0 bridgehead atoms. The molecule has 0 aliphatic carbocycles. The lowest BCUT2D eigenvalue weighted by atomic mass is 10.1. The molecule has 0 aliphatic rings. The van der Waals surface area contributed by atoms with E-state index in [4.69, 9.17) is 28.9 Å². The smallest absolute Gasteiger partial charge is 0.252 e. The molecule has 128 valence electrons. The maximum atomic E-state index is 12.1. The number of alkyl halides is 2. The normalized spacial score (nSPS) is 12.2. The summed E-state index contributed by atoms with van der Waals surface area (Å²) in [5.74, 6) is -0.0947. The van der Waals surface area contributed by atoms with Gasteiger partial charge < -0.3 is 11.1 Å². The third-order valence-electron chi connectivity index (χ3n) is 3.42. The topological polar surface area (TPSA) is 110 Å². The van der Waals surface area contributed by atoms with Crippen LogP contribution in [0.25, 0.3) is 11.3 Å². The largest absolute Gasteiger partial charge is 0.325 e. The molecular formula is C15H18Cl2N6O.